The van der Waals surface area contributed by atoms with E-state index >= 15 is 0 Å². The van der Waals surface area contributed by atoms with Gasteiger partial charge in [-0.2, -0.15) is 18.7 Å². The summed E-state index contributed by atoms with van der Waals surface area (Å²) in [4.78, 5) is 6.19. The number of benzene rings is 1. The highest BCUT2D eigenvalue weighted by atomic mass is 32.3. The van der Waals surface area contributed by atoms with E-state index in [1.165, 1.54) is 18.2 Å². The fourth-order valence-electron chi connectivity index (χ4n) is 1.64. The molecule has 2 rings (SSSR count). The molecule has 0 atom stereocenters. The molecule has 0 unspecified atom stereocenters. The van der Waals surface area contributed by atoms with Gasteiger partial charge in [0.2, 0.25) is 5.95 Å². The Morgan fingerprint density at radius 1 is 1.10 bits per heavy atom. The topological polar surface area (TPSA) is 98.5 Å². The van der Waals surface area contributed by atoms with Crippen LogP contribution in [0.2, 0.25) is 0 Å². The number of aromatic nitrogens is 2. The smallest absolute Gasteiger partial charge is 0.313 e. The van der Waals surface area contributed by atoms with Crippen LogP contribution in [0.15, 0.2) is 29.2 Å². The van der Waals surface area contributed by atoms with E-state index in [2.05, 4.69) is 15.3 Å². The van der Waals surface area contributed by atoms with Crippen molar-refractivity contribution < 1.29 is 22.4 Å². The number of halogens is 2. The Morgan fingerprint density at radius 3 is 2.35 bits per heavy atom. The molecule has 108 valence electrons. The highest BCUT2D eigenvalue weighted by Gasteiger charge is 2.18. The third-order valence-electron chi connectivity index (χ3n) is 2.41. The van der Waals surface area contributed by atoms with Crippen LogP contribution < -0.4 is 5.32 Å². The minimum absolute atomic E-state index is 0.0249. The lowest BCUT2D eigenvalue weighted by Crippen LogP contribution is -2.02. The molecule has 20 heavy (non-hydrogen) atoms. The van der Waals surface area contributed by atoms with Gasteiger partial charge in [0.25, 0.3) is 0 Å². The van der Waals surface area contributed by atoms with Crippen molar-refractivity contribution in [1.29, 1.82) is 0 Å². The minimum Gasteiger partial charge on any atom is -0.340 e. The molecule has 1 heterocycles. The van der Waals surface area contributed by atoms with Crippen molar-refractivity contribution >= 4 is 22.4 Å². The minimum atomic E-state index is -3.81. The van der Waals surface area contributed by atoms with E-state index in [1.54, 1.807) is 6.92 Å². The number of rotatable bonds is 3. The maximum Gasteiger partial charge on any atom is 0.313 e. The monoisotopic (exact) mass is 303 g/mol. The third kappa shape index (κ3) is 3.39. The SMILES string of the molecule is Cc1cc(Nc2cc(F)nc(F)n2)ccc1S(O)(O)O. The van der Waals surface area contributed by atoms with Gasteiger partial charge in [0.15, 0.2) is 0 Å². The van der Waals surface area contributed by atoms with Crippen LogP contribution in [0, 0.1) is 18.9 Å². The lowest BCUT2D eigenvalue weighted by molar-refractivity contribution is 0.375. The molecule has 0 saturated carbocycles. The largest absolute Gasteiger partial charge is 0.340 e. The van der Waals surface area contributed by atoms with Crippen LogP contribution in [-0.2, 0) is 0 Å². The van der Waals surface area contributed by atoms with Crippen molar-refractivity contribution in [2.24, 2.45) is 0 Å². The molecule has 0 fully saturated rings. The highest BCUT2D eigenvalue weighted by molar-refractivity contribution is 8.19. The van der Waals surface area contributed by atoms with Crippen molar-refractivity contribution in [3.63, 3.8) is 0 Å². The van der Waals surface area contributed by atoms with Crippen molar-refractivity contribution in [1.82, 2.24) is 9.97 Å². The molecule has 0 saturated heterocycles. The maximum absolute atomic E-state index is 12.9. The Labute approximate surface area is 114 Å². The van der Waals surface area contributed by atoms with Crippen molar-refractivity contribution in [3.05, 3.63) is 41.9 Å². The molecule has 1 aromatic carbocycles. The molecule has 0 bridgehead atoms. The van der Waals surface area contributed by atoms with Crippen molar-refractivity contribution in [2.45, 2.75) is 11.8 Å². The zero-order chi connectivity index (χ0) is 14.9. The van der Waals surface area contributed by atoms with Crippen LogP contribution in [0.25, 0.3) is 0 Å². The van der Waals surface area contributed by atoms with Crippen molar-refractivity contribution in [2.75, 3.05) is 5.32 Å². The average Bonchev–Trinajstić information content (AvgIpc) is 2.25. The average molecular weight is 303 g/mol. The third-order valence-corrected chi connectivity index (χ3v) is 3.46. The molecule has 0 amide bonds. The molecule has 0 radical (unpaired) electrons. The van der Waals surface area contributed by atoms with E-state index < -0.39 is 22.9 Å². The van der Waals surface area contributed by atoms with Gasteiger partial charge in [-0.15, -0.1) is 0 Å². The lowest BCUT2D eigenvalue weighted by atomic mass is 10.2. The van der Waals surface area contributed by atoms with E-state index in [-0.39, 0.29) is 10.7 Å². The van der Waals surface area contributed by atoms with Gasteiger partial charge in [0.05, 0.1) is 4.90 Å². The summed E-state index contributed by atoms with van der Waals surface area (Å²) in [7, 11) is -3.81. The van der Waals surface area contributed by atoms with E-state index in [4.69, 9.17) is 0 Å². The first-order valence-electron chi connectivity index (χ1n) is 5.34. The zero-order valence-electron chi connectivity index (χ0n) is 10.2. The summed E-state index contributed by atoms with van der Waals surface area (Å²) in [6.07, 6.45) is -1.20. The number of anilines is 2. The predicted molar refractivity (Wildman–Crippen MR) is 70.2 cm³/mol. The molecule has 2 aromatic rings. The Kier molecular flexibility index (Phi) is 3.86. The van der Waals surface area contributed by atoms with Crippen LogP contribution in [0.1, 0.15) is 5.56 Å². The van der Waals surface area contributed by atoms with Gasteiger partial charge in [0, 0.05) is 11.8 Å². The zero-order valence-corrected chi connectivity index (χ0v) is 11.0. The molecule has 0 aliphatic rings. The fourth-order valence-corrected chi connectivity index (χ4v) is 2.38. The van der Waals surface area contributed by atoms with Gasteiger partial charge in [-0.1, -0.05) is 0 Å². The summed E-state index contributed by atoms with van der Waals surface area (Å²) < 4.78 is 53.3. The maximum atomic E-state index is 12.9. The fraction of sp³-hybridized carbons (Fsp3) is 0.0909. The Bertz CT molecular complexity index is 629. The summed E-state index contributed by atoms with van der Waals surface area (Å²) >= 11 is 0. The molecule has 0 spiro atoms. The Balaban J connectivity index is 2.29. The summed E-state index contributed by atoms with van der Waals surface area (Å²) in [5.74, 6) is -1.10. The van der Waals surface area contributed by atoms with Gasteiger partial charge in [-0.25, -0.2) is 0 Å². The highest BCUT2D eigenvalue weighted by Crippen LogP contribution is 2.45. The molecule has 6 nitrogen and oxygen atoms in total. The van der Waals surface area contributed by atoms with Gasteiger partial charge in [-0.3, -0.25) is 0 Å². The van der Waals surface area contributed by atoms with Crippen LogP contribution in [0.4, 0.5) is 20.3 Å². The molecule has 0 aliphatic heterocycles. The second kappa shape index (κ2) is 5.29. The van der Waals surface area contributed by atoms with Gasteiger partial charge >= 0.3 is 6.08 Å². The molecular formula is C11H11F2N3O3S. The number of nitrogens with one attached hydrogen (secondary N) is 1. The summed E-state index contributed by atoms with van der Waals surface area (Å²) in [6, 6.07) is 5.08. The second-order valence-corrected chi connectivity index (χ2v) is 5.45. The lowest BCUT2D eigenvalue weighted by Gasteiger charge is -2.21. The number of hydrogen-bond donors (Lipinski definition) is 4. The van der Waals surface area contributed by atoms with Crippen LogP contribution in [0.3, 0.4) is 0 Å². The van der Waals surface area contributed by atoms with Gasteiger partial charge < -0.3 is 19.0 Å². The quantitative estimate of drug-likeness (QED) is 0.512. The molecule has 1 aromatic heterocycles. The molecular weight excluding hydrogens is 292 g/mol. The van der Waals surface area contributed by atoms with E-state index in [0.717, 1.165) is 6.07 Å². The van der Waals surface area contributed by atoms with Crippen LogP contribution in [-0.4, -0.2) is 23.6 Å². The van der Waals surface area contributed by atoms with Crippen LogP contribution >= 0.6 is 10.9 Å². The normalized spacial score (nSPS) is 12.3. The Morgan fingerprint density at radius 2 is 1.80 bits per heavy atom. The van der Waals surface area contributed by atoms with E-state index in [0.29, 0.717) is 11.3 Å². The molecule has 0 aliphatic carbocycles. The first kappa shape index (κ1) is 14.6. The van der Waals surface area contributed by atoms with Gasteiger partial charge in [0.1, 0.15) is 16.7 Å². The number of hydrogen-bond acceptors (Lipinski definition) is 6. The summed E-state index contributed by atoms with van der Waals surface area (Å²) in [5.41, 5.74) is 0.805. The first-order valence-corrected chi connectivity index (χ1v) is 6.84. The van der Waals surface area contributed by atoms with Crippen molar-refractivity contribution in [3.8, 4) is 0 Å². The van der Waals surface area contributed by atoms with Crippen LogP contribution in [0.5, 0.6) is 0 Å². The number of aryl methyl sites for hydroxylation is 1. The van der Waals surface area contributed by atoms with E-state index in [9.17, 15) is 22.4 Å². The molecule has 4 N–H and O–H groups in total. The second-order valence-electron chi connectivity index (χ2n) is 3.97. The molecule has 9 heteroatoms. The standard InChI is InChI=1S/C11H11F2N3O3S/c1-6-4-7(2-3-8(6)20(17,18)19)14-10-5-9(12)15-11(13)16-10/h2-5,17-19H,1H3,(H,14,15,16). The first-order chi connectivity index (χ1) is 9.25. The summed E-state index contributed by atoms with van der Waals surface area (Å²) in [6.45, 7) is 1.55. The van der Waals surface area contributed by atoms with Gasteiger partial charge in [-0.05, 0) is 30.7 Å². The number of nitrogens with zero attached hydrogens (tertiary/aromatic N) is 2. The summed E-state index contributed by atoms with van der Waals surface area (Å²) in [5, 5.41) is 2.64. The van der Waals surface area contributed by atoms with E-state index in [1.807, 2.05) is 0 Å². The Hall–Kier alpha value is -1.81. The predicted octanol–water partition coefficient (Wildman–Crippen LogP) is 3.39.